The molecule has 0 unspecified atom stereocenters. The minimum atomic E-state index is 0.678. The summed E-state index contributed by atoms with van der Waals surface area (Å²) in [5, 5.41) is 7.52. The summed E-state index contributed by atoms with van der Waals surface area (Å²) in [6, 6.07) is 0. The summed E-state index contributed by atoms with van der Waals surface area (Å²) >= 11 is 0. The Morgan fingerprint density at radius 1 is 1.24 bits per heavy atom. The van der Waals surface area contributed by atoms with E-state index in [-0.39, 0.29) is 0 Å². The van der Waals surface area contributed by atoms with Crippen LogP contribution in [-0.4, -0.2) is 26.3 Å². The average Bonchev–Trinajstić information content (AvgIpc) is 2.88. The monoisotopic (exact) mass is 289 g/mol. The second kappa shape index (κ2) is 7.03. The molecule has 2 aromatic heterocycles. The lowest BCUT2D eigenvalue weighted by Crippen LogP contribution is -2.16. The first kappa shape index (κ1) is 15.2. The van der Waals surface area contributed by atoms with Gasteiger partial charge in [-0.05, 0) is 25.3 Å². The summed E-state index contributed by atoms with van der Waals surface area (Å²) in [5.41, 5.74) is 4.77. The Bertz CT molecular complexity index is 591. The van der Waals surface area contributed by atoms with Crippen LogP contribution < -0.4 is 16.6 Å². The van der Waals surface area contributed by atoms with Gasteiger partial charge in [0.05, 0.1) is 6.20 Å². The Labute approximate surface area is 124 Å². The minimum Gasteiger partial charge on any atom is -0.369 e. The zero-order chi connectivity index (χ0) is 15.2. The molecule has 0 aromatic carbocycles. The normalized spacial score (nSPS) is 10.7. The maximum Gasteiger partial charge on any atom is 0.148 e. The fourth-order valence-electron chi connectivity index (χ4n) is 2.14. The van der Waals surface area contributed by atoms with Crippen LogP contribution >= 0.6 is 0 Å². The van der Waals surface area contributed by atoms with Crippen molar-refractivity contribution in [2.75, 3.05) is 17.3 Å². The van der Waals surface area contributed by atoms with E-state index < -0.39 is 0 Å². The lowest BCUT2D eigenvalue weighted by molar-refractivity contribution is 0.766. The van der Waals surface area contributed by atoms with Crippen LogP contribution in [0.5, 0.6) is 0 Å². The van der Waals surface area contributed by atoms with Crippen molar-refractivity contribution in [3.8, 4) is 0 Å². The number of aromatic nitrogens is 4. The van der Waals surface area contributed by atoms with Crippen LogP contribution in [0.2, 0.25) is 0 Å². The maximum atomic E-state index is 5.53. The van der Waals surface area contributed by atoms with Gasteiger partial charge in [-0.1, -0.05) is 6.92 Å². The van der Waals surface area contributed by atoms with Crippen molar-refractivity contribution in [1.82, 2.24) is 19.7 Å². The second-order valence-electron chi connectivity index (χ2n) is 5.06. The van der Waals surface area contributed by atoms with Crippen molar-refractivity contribution in [1.29, 1.82) is 0 Å². The van der Waals surface area contributed by atoms with Crippen LogP contribution in [0, 0.1) is 6.92 Å². The molecule has 0 aliphatic heterocycles. The first-order valence-corrected chi connectivity index (χ1v) is 7.19. The van der Waals surface area contributed by atoms with E-state index in [4.69, 9.17) is 5.84 Å². The lowest BCUT2D eigenvalue weighted by Gasteiger charge is -2.13. The van der Waals surface area contributed by atoms with Crippen LogP contribution in [0.25, 0.3) is 0 Å². The summed E-state index contributed by atoms with van der Waals surface area (Å²) in [7, 11) is 1.92. The number of hydrazine groups is 1. The zero-order valence-corrected chi connectivity index (χ0v) is 12.8. The van der Waals surface area contributed by atoms with Crippen molar-refractivity contribution >= 4 is 11.6 Å². The summed E-state index contributed by atoms with van der Waals surface area (Å²) in [6.07, 6.45) is 6.63. The van der Waals surface area contributed by atoms with E-state index in [0.717, 1.165) is 43.0 Å². The number of hydrogen-bond acceptors (Lipinski definition) is 6. The van der Waals surface area contributed by atoms with Gasteiger partial charge in [-0.2, -0.15) is 5.10 Å². The Kier molecular flexibility index (Phi) is 5.10. The number of nitrogens with one attached hydrogen (secondary N) is 2. The van der Waals surface area contributed by atoms with E-state index in [1.807, 2.05) is 26.4 Å². The molecule has 7 heteroatoms. The molecule has 0 spiro atoms. The zero-order valence-electron chi connectivity index (χ0n) is 12.8. The molecular weight excluding hydrogens is 266 g/mol. The Morgan fingerprint density at radius 3 is 2.62 bits per heavy atom. The minimum absolute atomic E-state index is 0.678. The SMILES string of the molecule is CCCc1nc(NN)c(C)c(NCCc2cnn(C)c2)n1. The van der Waals surface area contributed by atoms with Crippen LogP contribution in [0.3, 0.4) is 0 Å². The van der Waals surface area contributed by atoms with Crippen molar-refractivity contribution in [3.05, 3.63) is 29.3 Å². The van der Waals surface area contributed by atoms with Crippen molar-refractivity contribution in [3.63, 3.8) is 0 Å². The highest BCUT2D eigenvalue weighted by Gasteiger charge is 2.09. The molecule has 0 aliphatic rings. The molecule has 2 aromatic rings. The van der Waals surface area contributed by atoms with Gasteiger partial charge in [0.25, 0.3) is 0 Å². The number of nitrogen functional groups attached to an aromatic ring is 1. The van der Waals surface area contributed by atoms with Gasteiger partial charge in [0.1, 0.15) is 17.5 Å². The number of nitrogens with zero attached hydrogens (tertiary/aromatic N) is 4. The summed E-state index contributed by atoms with van der Waals surface area (Å²) in [4.78, 5) is 8.98. The molecule has 0 aliphatic carbocycles. The molecule has 0 bridgehead atoms. The molecule has 0 radical (unpaired) electrons. The van der Waals surface area contributed by atoms with E-state index in [0.29, 0.717) is 5.82 Å². The largest absolute Gasteiger partial charge is 0.369 e. The Balaban J connectivity index is 2.05. The number of aryl methyl sites for hydroxylation is 2. The quantitative estimate of drug-likeness (QED) is 0.527. The van der Waals surface area contributed by atoms with E-state index in [2.05, 4.69) is 32.7 Å². The van der Waals surface area contributed by atoms with E-state index >= 15 is 0 Å². The van der Waals surface area contributed by atoms with Crippen LogP contribution in [-0.2, 0) is 19.9 Å². The number of rotatable bonds is 7. The maximum absolute atomic E-state index is 5.53. The van der Waals surface area contributed by atoms with Gasteiger partial charge in [0, 0.05) is 31.8 Å². The van der Waals surface area contributed by atoms with Gasteiger partial charge >= 0.3 is 0 Å². The highest BCUT2D eigenvalue weighted by atomic mass is 15.3. The van der Waals surface area contributed by atoms with Crippen LogP contribution in [0.1, 0.15) is 30.3 Å². The van der Waals surface area contributed by atoms with Crippen molar-refractivity contribution in [2.45, 2.75) is 33.1 Å². The fourth-order valence-corrected chi connectivity index (χ4v) is 2.14. The molecule has 21 heavy (non-hydrogen) atoms. The van der Waals surface area contributed by atoms with E-state index in [1.165, 1.54) is 5.56 Å². The number of hydrogen-bond donors (Lipinski definition) is 3. The molecule has 2 heterocycles. The molecule has 0 amide bonds. The topological polar surface area (TPSA) is 93.7 Å². The predicted molar refractivity (Wildman–Crippen MR) is 84.0 cm³/mol. The molecule has 0 saturated carbocycles. The van der Waals surface area contributed by atoms with Crippen molar-refractivity contribution in [2.24, 2.45) is 12.9 Å². The van der Waals surface area contributed by atoms with Crippen LogP contribution in [0.4, 0.5) is 11.6 Å². The summed E-state index contributed by atoms with van der Waals surface area (Å²) < 4.78 is 1.81. The number of anilines is 2. The standard InChI is InChI=1S/C14H23N7/c1-4-5-12-18-13(10(2)14(19-12)20-15)16-7-6-11-8-17-21(3)9-11/h8-9H,4-7,15H2,1-3H3,(H2,16,18,19,20). The summed E-state index contributed by atoms with van der Waals surface area (Å²) in [5.74, 6) is 7.85. The molecule has 0 fully saturated rings. The van der Waals surface area contributed by atoms with Gasteiger partial charge in [0.2, 0.25) is 0 Å². The lowest BCUT2D eigenvalue weighted by atomic mass is 10.2. The Hall–Kier alpha value is -2.15. The van der Waals surface area contributed by atoms with Gasteiger partial charge < -0.3 is 10.7 Å². The molecular formula is C14H23N7. The van der Waals surface area contributed by atoms with Gasteiger partial charge in [0.15, 0.2) is 0 Å². The molecule has 0 atom stereocenters. The Morgan fingerprint density at radius 2 is 2.00 bits per heavy atom. The smallest absolute Gasteiger partial charge is 0.148 e. The summed E-state index contributed by atoms with van der Waals surface area (Å²) in [6.45, 7) is 4.85. The molecule has 7 nitrogen and oxygen atoms in total. The third kappa shape index (κ3) is 3.91. The molecule has 4 N–H and O–H groups in total. The first-order valence-electron chi connectivity index (χ1n) is 7.19. The molecule has 114 valence electrons. The molecule has 2 rings (SSSR count). The van der Waals surface area contributed by atoms with Crippen LogP contribution in [0.15, 0.2) is 12.4 Å². The van der Waals surface area contributed by atoms with Gasteiger partial charge in [-0.25, -0.2) is 15.8 Å². The van der Waals surface area contributed by atoms with Gasteiger partial charge in [-0.15, -0.1) is 0 Å². The first-order chi connectivity index (χ1) is 10.1. The third-order valence-corrected chi connectivity index (χ3v) is 3.27. The van der Waals surface area contributed by atoms with Gasteiger partial charge in [-0.3, -0.25) is 4.68 Å². The predicted octanol–water partition coefficient (Wildman–Crippen LogP) is 1.41. The van der Waals surface area contributed by atoms with E-state index in [9.17, 15) is 0 Å². The van der Waals surface area contributed by atoms with E-state index in [1.54, 1.807) is 4.68 Å². The highest BCUT2D eigenvalue weighted by Crippen LogP contribution is 2.19. The average molecular weight is 289 g/mol. The molecule has 0 saturated heterocycles. The fraction of sp³-hybridized carbons (Fsp3) is 0.500. The van der Waals surface area contributed by atoms with Crippen molar-refractivity contribution < 1.29 is 0 Å². The number of nitrogens with two attached hydrogens (primary N) is 1. The highest BCUT2D eigenvalue weighted by molar-refractivity contribution is 5.56. The third-order valence-electron chi connectivity index (χ3n) is 3.27. The second-order valence-corrected chi connectivity index (χ2v) is 5.06.